The predicted molar refractivity (Wildman–Crippen MR) is 67.2 cm³/mol. The summed E-state index contributed by atoms with van der Waals surface area (Å²) < 4.78 is 5.72. The van der Waals surface area contributed by atoms with Crippen LogP contribution in [0.3, 0.4) is 0 Å². The molecule has 0 spiro atoms. The maximum absolute atomic E-state index is 5.72. The van der Waals surface area contributed by atoms with Gasteiger partial charge in [0.15, 0.2) is 0 Å². The standard InChI is InChI=1S/C13H22N2O/c1-3-7-12(15-14)11-8-5-6-9-13(11)16-10-4-2/h5-6,8-9,12,15H,3-4,7,10,14H2,1-2H3. The van der Waals surface area contributed by atoms with E-state index in [1.54, 1.807) is 0 Å². The molecule has 16 heavy (non-hydrogen) atoms. The zero-order valence-electron chi connectivity index (χ0n) is 10.2. The normalized spacial score (nSPS) is 12.4. The molecular weight excluding hydrogens is 200 g/mol. The molecule has 1 aromatic rings. The molecule has 3 N–H and O–H groups in total. The van der Waals surface area contributed by atoms with Crippen molar-refractivity contribution in [3.8, 4) is 5.75 Å². The molecule has 0 aromatic heterocycles. The Hall–Kier alpha value is -1.06. The number of hydrogen-bond donors (Lipinski definition) is 2. The molecule has 0 aliphatic carbocycles. The largest absolute Gasteiger partial charge is 0.493 e. The number of benzene rings is 1. The number of hydrogen-bond acceptors (Lipinski definition) is 3. The molecule has 3 heteroatoms. The summed E-state index contributed by atoms with van der Waals surface area (Å²) in [4.78, 5) is 0. The highest BCUT2D eigenvalue weighted by atomic mass is 16.5. The lowest BCUT2D eigenvalue weighted by atomic mass is 10.0. The lowest BCUT2D eigenvalue weighted by Crippen LogP contribution is -2.28. The van der Waals surface area contributed by atoms with Crippen LogP contribution in [0.25, 0.3) is 0 Å². The summed E-state index contributed by atoms with van der Waals surface area (Å²) in [7, 11) is 0. The van der Waals surface area contributed by atoms with E-state index in [0.29, 0.717) is 0 Å². The second kappa shape index (κ2) is 7.25. The summed E-state index contributed by atoms with van der Waals surface area (Å²) in [5.41, 5.74) is 4.01. The quantitative estimate of drug-likeness (QED) is 0.551. The van der Waals surface area contributed by atoms with E-state index in [2.05, 4.69) is 25.3 Å². The van der Waals surface area contributed by atoms with Crippen LogP contribution in [0.5, 0.6) is 5.75 Å². The molecule has 1 unspecified atom stereocenters. The maximum Gasteiger partial charge on any atom is 0.124 e. The van der Waals surface area contributed by atoms with Crippen LogP contribution in [-0.4, -0.2) is 6.61 Å². The fraction of sp³-hybridized carbons (Fsp3) is 0.538. The van der Waals surface area contributed by atoms with Gasteiger partial charge in [-0.3, -0.25) is 11.3 Å². The Morgan fingerprint density at radius 3 is 2.62 bits per heavy atom. The van der Waals surface area contributed by atoms with Gasteiger partial charge in [0.05, 0.1) is 6.61 Å². The third-order valence-electron chi connectivity index (χ3n) is 2.53. The molecule has 0 radical (unpaired) electrons. The Bertz CT molecular complexity index is 302. The van der Waals surface area contributed by atoms with E-state index in [1.807, 2.05) is 18.2 Å². The number of ether oxygens (including phenoxy) is 1. The zero-order chi connectivity index (χ0) is 11.8. The van der Waals surface area contributed by atoms with Crippen molar-refractivity contribution in [1.82, 2.24) is 5.43 Å². The molecule has 0 fully saturated rings. The highest BCUT2D eigenvalue weighted by Gasteiger charge is 2.13. The van der Waals surface area contributed by atoms with Crippen LogP contribution in [0.4, 0.5) is 0 Å². The van der Waals surface area contributed by atoms with Crippen molar-refractivity contribution in [2.75, 3.05) is 6.61 Å². The van der Waals surface area contributed by atoms with Crippen molar-refractivity contribution in [1.29, 1.82) is 0 Å². The Morgan fingerprint density at radius 1 is 1.25 bits per heavy atom. The first-order valence-electron chi connectivity index (χ1n) is 6.01. The van der Waals surface area contributed by atoms with Crippen molar-refractivity contribution in [3.63, 3.8) is 0 Å². The Kier molecular flexibility index (Phi) is 5.90. The molecule has 0 aliphatic rings. The summed E-state index contributed by atoms with van der Waals surface area (Å²) in [5, 5.41) is 0. The number of nitrogens with one attached hydrogen (secondary N) is 1. The molecule has 1 atom stereocenters. The second-order valence-electron chi connectivity index (χ2n) is 3.89. The van der Waals surface area contributed by atoms with Crippen LogP contribution in [0.15, 0.2) is 24.3 Å². The molecule has 0 saturated carbocycles. The summed E-state index contributed by atoms with van der Waals surface area (Å²) >= 11 is 0. The van der Waals surface area contributed by atoms with Gasteiger partial charge >= 0.3 is 0 Å². The van der Waals surface area contributed by atoms with E-state index in [9.17, 15) is 0 Å². The van der Waals surface area contributed by atoms with Crippen LogP contribution in [0, 0.1) is 0 Å². The fourth-order valence-corrected chi connectivity index (χ4v) is 1.73. The first kappa shape index (κ1) is 13.0. The van der Waals surface area contributed by atoms with E-state index in [4.69, 9.17) is 10.6 Å². The number of hydrazine groups is 1. The first-order valence-corrected chi connectivity index (χ1v) is 6.01. The minimum atomic E-state index is 0.179. The minimum Gasteiger partial charge on any atom is -0.493 e. The molecule has 0 heterocycles. The topological polar surface area (TPSA) is 47.3 Å². The van der Waals surface area contributed by atoms with Crippen LogP contribution in [0.2, 0.25) is 0 Å². The highest BCUT2D eigenvalue weighted by Crippen LogP contribution is 2.27. The van der Waals surface area contributed by atoms with E-state index < -0.39 is 0 Å². The fourth-order valence-electron chi connectivity index (χ4n) is 1.73. The molecule has 0 amide bonds. The van der Waals surface area contributed by atoms with Gasteiger partial charge < -0.3 is 4.74 Å². The monoisotopic (exact) mass is 222 g/mol. The van der Waals surface area contributed by atoms with Gasteiger partial charge in [-0.15, -0.1) is 0 Å². The third kappa shape index (κ3) is 3.51. The number of rotatable bonds is 7. The van der Waals surface area contributed by atoms with Gasteiger partial charge in [0.2, 0.25) is 0 Å². The van der Waals surface area contributed by atoms with Gasteiger partial charge in [-0.1, -0.05) is 38.5 Å². The van der Waals surface area contributed by atoms with E-state index in [-0.39, 0.29) is 6.04 Å². The summed E-state index contributed by atoms with van der Waals surface area (Å²) in [6.07, 6.45) is 3.13. The predicted octanol–water partition coefficient (Wildman–Crippen LogP) is 2.78. The summed E-state index contributed by atoms with van der Waals surface area (Å²) in [5.74, 6) is 6.53. The lowest BCUT2D eigenvalue weighted by Gasteiger charge is -2.19. The van der Waals surface area contributed by atoms with Gasteiger partial charge in [-0.2, -0.15) is 0 Å². The average Bonchev–Trinajstić information content (AvgIpc) is 2.34. The van der Waals surface area contributed by atoms with Crippen LogP contribution in [-0.2, 0) is 0 Å². The van der Waals surface area contributed by atoms with Crippen LogP contribution in [0.1, 0.15) is 44.7 Å². The van der Waals surface area contributed by atoms with Crippen molar-refractivity contribution < 1.29 is 4.74 Å². The minimum absolute atomic E-state index is 0.179. The highest BCUT2D eigenvalue weighted by molar-refractivity contribution is 5.35. The Morgan fingerprint density at radius 2 is 2.00 bits per heavy atom. The van der Waals surface area contributed by atoms with Gasteiger partial charge in [0.1, 0.15) is 5.75 Å². The lowest BCUT2D eigenvalue weighted by molar-refractivity contribution is 0.309. The SMILES string of the molecule is CCCOc1ccccc1C(CCC)NN. The van der Waals surface area contributed by atoms with Crippen molar-refractivity contribution in [3.05, 3.63) is 29.8 Å². The summed E-state index contributed by atoms with van der Waals surface area (Å²) in [6.45, 7) is 5.01. The number of nitrogens with two attached hydrogens (primary N) is 1. The molecule has 3 nitrogen and oxygen atoms in total. The Balaban J connectivity index is 2.82. The molecule has 1 aromatic carbocycles. The van der Waals surface area contributed by atoms with Crippen LogP contribution < -0.4 is 16.0 Å². The van der Waals surface area contributed by atoms with Gasteiger partial charge in [-0.05, 0) is 18.9 Å². The molecule has 0 saturated heterocycles. The van der Waals surface area contributed by atoms with Crippen molar-refractivity contribution in [2.45, 2.75) is 39.2 Å². The van der Waals surface area contributed by atoms with E-state index in [0.717, 1.165) is 37.2 Å². The van der Waals surface area contributed by atoms with E-state index >= 15 is 0 Å². The Labute approximate surface area is 98.0 Å². The second-order valence-corrected chi connectivity index (χ2v) is 3.89. The van der Waals surface area contributed by atoms with Crippen LogP contribution >= 0.6 is 0 Å². The van der Waals surface area contributed by atoms with Gasteiger partial charge in [0.25, 0.3) is 0 Å². The molecule has 0 bridgehead atoms. The van der Waals surface area contributed by atoms with Gasteiger partial charge in [-0.25, -0.2) is 0 Å². The summed E-state index contributed by atoms with van der Waals surface area (Å²) in [6, 6.07) is 8.27. The molecule has 1 rings (SSSR count). The third-order valence-corrected chi connectivity index (χ3v) is 2.53. The zero-order valence-corrected chi connectivity index (χ0v) is 10.2. The smallest absolute Gasteiger partial charge is 0.124 e. The maximum atomic E-state index is 5.72. The van der Waals surface area contributed by atoms with E-state index in [1.165, 1.54) is 0 Å². The van der Waals surface area contributed by atoms with Gasteiger partial charge in [0, 0.05) is 11.6 Å². The average molecular weight is 222 g/mol. The molecular formula is C13H22N2O. The molecule has 0 aliphatic heterocycles. The van der Waals surface area contributed by atoms with Crippen molar-refractivity contribution in [2.24, 2.45) is 5.84 Å². The number of para-hydroxylation sites is 1. The van der Waals surface area contributed by atoms with Crippen molar-refractivity contribution >= 4 is 0 Å². The first-order chi connectivity index (χ1) is 7.83. The molecule has 90 valence electrons.